The van der Waals surface area contributed by atoms with Crippen LogP contribution in [0.5, 0.6) is 0 Å². The maximum absolute atomic E-state index is 11.1. The third kappa shape index (κ3) is 6.86. The fraction of sp³-hybridized carbons (Fsp3) is 0.900. The van der Waals surface area contributed by atoms with E-state index >= 15 is 0 Å². The summed E-state index contributed by atoms with van der Waals surface area (Å²) in [6, 6.07) is 0. The Labute approximate surface area is 86.2 Å². The van der Waals surface area contributed by atoms with Crippen molar-refractivity contribution in [2.75, 3.05) is 26.8 Å². The molecule has 1 atom stereocenters. The zero-order chi connectivity index (χ0) is 10.8. The minimum atomic E-state index is -0.0503. The molecule has 0 aliphatic heterocycles. The molecule has 4 heteroatoms. The predicted molar refractivity (Wildman–Crippen MR) is 57.0 cm³/mol. The Morgan fingerprint density at radius 1 is 1.50 bits per heavy atom. The Morgan fingerprint density at radius 2 is 2.21 bits per heavy atom. The number of amides is 1. The molecule has 0 bridgehead atoms. The first-order valence-electron chi connectivity index (χ1n) is 5.20. The highest BCUT2D eigenvalue weighted by molar-refractivity contribution is 5.77. The second kappa shape index (κ2) is 8.97. The van der Waals surface area contributed by atoms with E-state index in [0.717, 1.165) is 19.3 Å². The van der Waals surface area contributed by atoms with E-state index in [4.69, 9.17) is 10.5 Å². The van der Waals surface area contributed by atoms with Gasteiger partial charge in [0.25, 0.3) is 0 Å². The molecule has 84 valence electrons. The van der Waals surface area contributed by atoms with Crippen LogP contribution in [0.2, 0.25) is 0 Å². The molecule has 0 fully saturated rings. The van der Waals surface area contributed by atoms with Gasteiger partial charge in [0.15, 0.2) is 0 Å². The van der Waals surface area contributed by atoms with Gasteiger partial charge in [-0.2, -0.15) is 0 Å². The molecule has 0 aliphatic carbocycles. The molecule has 3 N–H and O–H groups in total. The Morgan fingerprint density at radius 3 is 2.71 bits per heavy atom. The van der Waals surface area contributed by atoms with Crippen molar-refractivity contribution in [3.05, 3.63) is 0 Å². The molecule has 1 amide bonds. The van der Waals surface area contributed by atoms with Crippen molar-refractivity contribution in [2.24, 2.45) is 11.7 Å². The van der Waals surface area contributed by atoms with Gasteiger partial charge < -0.3 is 15.8 Å². The first-order chi connectivity index (χ1) is 6.74. The quantitative estimate of drug-likeness (QED) is 0.603. The number of rotatable bonds is 8. The van der Waals surface area contributed by atoms with Gasteiger partial charge in [0.1, 0.15) is 6.61 Å². The van der Waals surface area contributed by atoms with Gasteiger partial charge in [-0.3, -0.25) is 4.79 Å². The number of carbonyl (C=O) groups is 1. The zero-order valence-corrected chi connectivity index (χ0v) is 9.21. The van der Waals surface area contributed by atoms with Crippen molar-refractivity contribution in [2.45, 2.75) is 26.2 Å². The van der Waals surface area contributed by atoms with Gasteiger partial charge >= 0.3 is 0 Å². The topological polar surface area (TPSA) is 64.3 Å². The molecule has 0 saturated carbocycles. The molecule has 0 radical (unpaired) electrons. The van der Waals surface area contributed by atoms with E-state index in [1.165, 1.54) is 7.11 Å². The van der Waals surface area contributed by atoms with Crippen LogP contribution in [0.3, 0.4) is 0 Å². The van der Waals surface area contributed by atoms with Crippen LogP contribution in [-0.2, 0) is 9.53 Å². The number of carbonyl (C=O) groups excluding carboxylic acids is 1. The average Bonchev–Trinajstić information content (AvgIpc) is 2.15. The van der Waals surface area contributed by atoms with E-state index in [1.54, 1.807) is 0 Å². The van der Waals surface area contributed by atoms with Gasteiger partial charge in [-0.1, -0.05) is 13.3 Å². The lowest BCUT2D eigenvalue weighted by molar-refractivity contribution is -0.124. The number of hydrogen-bond acceptors (Lipinski definition) is 3. The summed E-state index contributed by atoms with van der Waals surface area (Å²) in [5, 5.41) is 2.83. The third-order valence-electron chi connectivity index (χ3n) is 2.14. The van der Waals surface area contributed by atoms with E-state index in [-0.39, 0.29) is 12.5 Å². The first kappa shape index (κ1) is 13.4. The molecule has 0 saturated heterocycles. The Balaban J connectivity index is 3.63. The van der Waals surface area contributed by atoms with E-state index in [9.17, 15) is 4.79 Å². The molecule has 0 aromatic heterocycles. The molecule has 0 rings (SSSR count). The Kier molecular flexibility index (Phi) is 8.57. The van der Waals surface area contributed by atoms with Crippen molar-refractivity contribution < 1.29 is 9.53 Å². The SMILES string of the molecule is CCCC(CCN)CNC(=O)COC. The summed E-state index contributed by atoms with van der Waals surface area (Å²) in [6.07, 6.45) is 3.22. The average molecular weight is 202 g/mol. The molecule has 0 aromatic carbocycles. The molecule has 14 heavy (non-hydrogen) atoms. The van der Waals surface area contributed by atoms with Crippen molar-refractivity contribution in [3.8, 4) is 0 Å². The maximum Gasteiger partial charge on any atom is 0.245 e. The fourth-order valence-electron chi connectivity index (χ4n) is 1.43. The van der Waals surface area contributed by atoms with Crippen LogP contribution in [0.1, 0.15) is 26.2 Å². The normalized spacial score (nSPS) is 12.5. The predicted octanol–water partition coefficient (Wildman–Crippen LogP) is 0.514. The van der Waals surface area contributed by atoms with E-state index in [2.05, 4.69) is 12.2 Å². The maximum atomic E-state index is 11.1. The van der Waals surface area contributed by atoms with Gasteiger partial charge in [-0.05, 0) is 25.3 Å². The second-order valence-electron chi connectivity index (χ2n) is 3.47. The van der Waals surface area contributed by atoms with Crippen LogP contribution < -0.4 is 11.1 Å². The highest BCUT2D eigenvalue weighted by atomic mass is 16.5. The van der Waals surface area contributed by atoms with Crippen molar-refractivity contribution in [1.29, 1.82) is 0 Å². The van der Waals surface area contributed by atoms with Gasteiger partial charge in [-0.25, -0.2) is 0 Å². The van der Waals surface area contributed by atoms with Crippen LogP contribution in [0.25, 0.3) is 0 Å². The zero-order valence-electron chi connectivity index (χ0n) is 9.21. The summed E-state index contributed by atoms with van der Waals surface area (Å²) in [5.74, 6) is 0.455. The number of ether oxygens (including phenoxy) is 1. The van der Waals surface area contributed by atoms with Crippen LogP contribution in [0, 0.1) is 5.92 Å². The van der Waals surface area contributed by atoms with Crippen LogP contribution in [-0.4, -0.2) is 32.7 Å². The smallest absolute Gasteiger partial charge is 0.245 e. The lowest BCUT2D eigenvalue weighted by Gasteiger charge is -2.15. The Hall–Kier alpha value is -0.610. The summed E-state index contributed by atoms with van der Waals surface area (Å²) >= 11 is 0. The summed E-state index contributed by atoms with van der Waals surface area (Å²) in [4.78, 5) is 11.1. The number of nitrogens with one attached hydrogen (secondary N) is 1. The first-order valence-corrected chi connectivity index (χ1v) is 5.20. The van der Waals surface area contributed by atoms with Gasteiger partial charge in [0.05, 0.1) is 0 Å². The van der Waals surface area contributed by atoms with Gasteiger partial charge in [0.2, 0.25) is 5.91 Å². The van der Waals surface area contributed by atoms with Gasteiger partial charge in [-0.15, -0.1) is 0 Å². The molecule has 0 heterocycles. The van der Waals surface area contributed by atoms with Crippen LogP contribution in [0.4, 0.5) is 0 Å². The molecule has 0 spiro atoms. The summed E-state index contributed by atoms with van der Waals surface area (Å²) in [6.45, 7) is 3.68. The largest absolute Gasteiger partial charge is 0.375 e. The van der Waals surface area contributed by atoms with Crippen molar-refractivity contribution in [1.82, 2.24) is 5.32 Å². The summed E-state index contributed by atoms with van der Waals surface area (Å²) < 4.78 is 4.72. The minimum Gasteiger partial charge on any atom is -0.375 e. The van der Waals surface area contributed by atoms with Crippen molar-refractivity contribution in [3.63, 3.8) is 0 Å². The van der Waals surface area contributed by atoms with Crippen LogP contribution >= 0.6 is 0 Å². The number of methoxy groups -OCH3 is 1. The molecule has 0 aromatic rings. The molecular weight excluding hydrogens is 180 g/mol. The third-order valence-corrected chi connectivity index (χ3v) is 2.14. The Bertz CT molecular complexity index is 145. The number of hydrogen-bond donors (Lipinski definition) is 2. The second-order valence-corrected chi connectivity index (χ2v) is 3.47. The summed E-state index contributed by atoms with van der Waals surface area (Å²) in [5.41, 5.74) is 5.49. The fourth-order valence-corrected chi connectivity index (χ4v) is 1.43. The molecule has 0 aliphatic rings. The van der Waals surface area contributed by atoms with Crippen LogP contribution in [0.15, 0.2) is 0 Å². The molecule has 1 unspecified atom stereocenters. The molecular formula is C10H22N2O2. The van der Waals surface area contributed by atoms with E-state index < -0.39 is 0 Å². The summed E-state index contributed by atoms with van der Waals surface area (Å²) in [7, 11) is 1.52. The number of nitrogens with two attached hydrogens (primary N) is 1. The monoisotopic (exact) mass is 202 g/mol. The van der Waals surface area contributed by atoms with Gasteiger partial charge in [0, 0.05) is 13.7 Å². The minimum absolute atomic E-state index is 0.0503. The molecule has 4 nitrogen and oxygen atoms in total. The van der Waals surface area contributed by atoms with Crippen molar-refractivity contribution >= 4 is 5.91 Å². The van der Waals surface area contributed by atoms with E-state index in [1.807, 2.05) is 0 Å². The lowest BCUT2D eigenvalue weighted by atomic mass is 10.00. The highest BCUT2D eigenvalue weighted by Crippen LogP contribution is 2.08. The highest BCUT2D eigenvalue weighted by Gasteiger charge is 2.08. The standard InChI is InChI=1S/C10H22N2O2/c1-3-4-9(5-6-11)7-12-10(13)8-14-2/h9H,3-8,11H2,1-2H3,(H,12,13). The van der Waals surface area contributed by atoms with E-state index in [0.29, 0.717) is 19.0 Å². The lowest BCUT2D eigenvalue weighted by Crippen LogP contribution is -2.32.